The quantitative estimate of drug-likeness (QED) is 0.256. The van der Waals surface area contributed by atoms with Gasteiger partial charge in [0, 0.05) is 42.1 Å². The second-order valence-electron chi connectivity index (χ2n) is 11.0. The number of para-hydroxylation sites is 1. The lowest BCUT2D eigenvalue weighted by Crippen LogP contribution is -2.33. The van der Waals surface area contributed by atoms with E-state index in [1.165, 1.54) is 11.6 Å². The Labute approximate surface area is 241 Å². The number of carbonyl (C=O) groups excluding carboxylic acids is 1. The number of rotatable bonds is 8. The van der Waals surface area contributed by atoms with Gasteiger partial charge >= 0.3 is 0 Å². The van der Waals surface area contributed by atoms with E-state index in [1.54, 1.807) is 19.2 Å². The second kappa shape index (κ2) is 12.1. The van der Waals surface area contributed by atoms with Gasteiger partial charge in [0.05, 0.1) is 7.11 Å². The maximum absolute atomic E-state index is 14.1. The normalized spacial score (nSPS) is 15.5. The van der Waals surface area contributed by atoms with Crippen molar-refractivity contribution in [3.8, 4) is 5.75 Å². The van der Waals surface area contributed by atoms with Gasteiger partial charge in [-0.1, -0.05) is 54.6 Å². The van der Waals surface area contributed by atoms with Crippen molar-refractivity contribution in [3.63, 3.8) is 0 Å². The third-order valence-electron chi connectivity index (χ3n) is 8.41. The third kappa shape index (κ3) is 5.98. The summed E-state index contributed by atoms with van der Waals surface area (Å²) in [5, 5.41) is 3.31. The van der Waals surface area contributed by atoms with Crippen LogP contribution in [0, 0.1) is 5.82 Å². The molecule has 0 aliphatic carbocycles. The SMILES string of the molecule is COc1ccccc1C1CCN(Cc2cccc(C(=O)N3CCc4ccc(NCc5ccccc5F)cc43)c2)CC1. The van der Waals surface area contributed by atoms with Gasteiger partial charge in [-0.05, 0) is 91.4 Å². The highest BCUT2D eigenvalue weighted by molar-refractivity contribution is 6.07. The van der Waals surface area contributed by atoms with Gasteiger partial charge in [-0.2, -0.15) is 0 Å². The Hall–Kier alpha value is -4.16. The summed E-state index contributed by atoms with van der Waals surface area (Å²) in [6.45, 7) is 3.91. The minimum absolute atomic E-state index is 0.0201. The number of hydrogen-bond acceptors (Lipinski definition) is 4. The Bertz CT molecular complexity index is 1530. The summed E-state index contributed by atoms with van der Waals surface area (Å²) in [4.78, 5) is 18.0. The van der Waals surface area contributed by atoms with Crippen LogP contribution < -0.4 is 15.0 Å². The molecule has 0 aromatic heterocycles. The molecule has 2 aliphatic rings. The van der Waals surface area contributed by atoms with Gasteiger partial charge in [-0.25, -0.2) is 4.39 Å². The number of methoxy groups -OCH3 is 1. The Morgan fingerprint density at radius 3 is 2.56 bits per heavy atom. The van der Waals surface area contributed by atoms with Crippen LogP contribution in [0.25, 0.3) is 0 Å². The molecule has 2 heterocycles. The van der Waals surface area contributed by atoms with Crippen molar-refractivity contribution < 1.29 is 13.9 Å². The number of nitrogens with zero attached hydrogens (tertiary/aromatic N) is 2. The molecule has 41 heavy (non-hydrogen) atoms. The lowest BCUT2D eigenvalue weighted by molar-refractivity contribution is 0.0989. The molecule has 210 valence electrons. The van der Waals surface area contributed by atoms with Gasteiger partial charge in [-0.15, -0.1) is 0 Å². The zero-order valence-corrected chi connectivity index (χ0v) is 23.5. The molecule has 6 heteroatoms. The van der Waals surface area contributed by atoms with E-state index in [9.17, 15) is 9.18 Å². The molecule has 0 spiro atoms. The minimum atomic E-state index is -0.223. The van der Waals surface area contributed by atoms with Crippen LogP contribution in [0.5, 0.6) is 5.75 Å². The Balaban J connectivity index is 1.10. The molecule has 0 unspecified atom stereocenters. The number of likely N-dealkylation sites (tertiary alicyclic amines) is 1. The standard InChI is InChI=1S/C35H36FN3O2/c1-41-34-12-5-3-10-31(34)26-15-18-38(19-16-26)24-25-7-6-9-28(21-25)35(40)39-20-17-27-13-14-30(22-33(27)39)37-23-29-8-2-4-11-32(29)36/h2-14,21-22,26,37H,15-20,23-24H2,1H3. The van der Waals surface area contributed by atoms with Gasteiger partial charge in [-0.3, -0.25) is 9.69 Å². The number of carbonyl (C=O) groups is 1. The van der Waals surface area contributed by atoms with E-state index in [0.29, 0.717) is 30.1 Å². The number of anilines is 2. The Morgan fingerprint density at radius 2 is 1.73 bits per heavy atom. The monoisotopic (exact) mass is 549 g/mol. The van der Waals surface area contributed by atoms with Crippen molar-refractivity contribution >= 4 is 17.3 Å². The number of amides is 1. The summed E-state index contributed by atoms with van der Waals surface area (Å²) in [5.41, 5.74) is 6.74. The van der Waals surface area contributed by atoms with Crippen molar-refractivity contribution in [2.45, 2.75) is 38.3 Å². The molecule has 1 saturated heterocycles. The van der Waals surface area contributed by atoms with Crippen molar-refractivity contribution in [1.82, 2.24) is 4.90 Å². The second-order valence-corrected chi connectivity index (χ2v) is 11.0. The molecular formula is C35H36FN3O2. The highest BCUT2D eigenvalue weighted by Gasteiger charge is 2.27. The van der Waals surface area contributed by atoms with Crippen LogP contribution in [0.4, 0.5) is 15.8 Å². The molecule has 4 aromatic carbocycles. The van der Waals surface area contributed by atoms with E-state index >= 15 is 0 Å². The molecule has 0 saturated carbocycles. The number of ether oxygens (including phenoxy) is 1. The molecular weight excluding hydrogens is 513 g/mol. The lowest BCUT2D eigenvalue weighted by Gasteiger charge is -2.32. The van der Waals surface area contributed by atoms with Crippen LogP contribution >= 0.6 is 0 Å². The van der Waals surface area contributed by atoms with Crippen LogP contribution in [-0.4, -0.2) is 37.6 Å². The maximum Gasteiger partial charge on any atom is 0.258 e. The zero-order chi connectivity index (χ0) is 28.2. The fourth-order valence-electron chi connectivity index (χ4n) is 6.16. The predicted octanol–water partition coefficient (Wildman–Crippen LogP) is 7.03. The number of hydrogen-bond donors (Lipinski definition) is 1. The Kier molecular flexibility index (Phi) is 8.01. The van der Waals surface area contributed by atoms with E-state index in [1.807, 2.05) is 53.4 Å². The summed E-state index contributed by atoms with van der Waals surface area (Å²) in [7, 11) is 1.74. The molecule has 5 nitrogen and oxygen atoms in total. The summed E-state index contributed by atoms with van der Waals surface area (Å²) in [6.07, 6.45) is 3.02. The van der Waals surface area contributed by atoms with Crippen molar-refractivity contribution in [3.05, 3.63) is 125 Å². The highest BCUT2D eigenvalue weighted by atomic mass is 19.1. The smallest absolute Gasteiger partial charge is 0.258 e. The van der Waals surface area contributed by atoms with Crippen molar-refractivity contribution in [1.29, 1.82) is 0 Å². The Morgan fingerprint density at radius 1 is 0.927 bits per heavy atom. The fraction of sp³-hybridized carbons (Fsp3) is 0.286. The number of halogens is 1. The number of benzene rings is 4. The predicted molar refractivity (Wildman–Crippen MR) is 162 cm³/mol. The summed E-state index contributed by atoms with van der Waals surface area (Å²) in [5.74, 6) is 1.29. The number of piperidine rings is 1. The number of fused-ring (bicyclic) bond motifs is 1. The molecule has 6 rings (SSSR count). The largest absolute Gasteiger partial charge is 0.496 e. The molecule has 4 aromatic rings. The first kappa shape index (κ1) is 27.0. The zero-order valence-electron chi connectivity index (χ0n) is 23.5. The van der Waals surface area contributed by atoms with Gasteiger partial charge in [0.1, 0.15) is 11.6 Å². The number of nitrogens with one attached hydrogen (secondary N) is 1. The molecule has 1 amide bonds. The first-order valence-corrected chi connectivity index (χ1v) is 14.5. The summed E-state index contributed by atoms with van der Waals surface area (Å²) in [6, 6.07) is 29.3. The fourth-order valence-corrected chi connectivity index (χ4v) is 6.16. The minimum Gasteiger partial charge on any atom is -0.496 e. The average Bonchev–Trinajstić information content (AvgIpc) is 3.44. The molecule has 1 N–H and O–H groups in total. The topological polar surface area (TPSA) is 44.8 Å². The first-order chi connectivity index (χ1) is 20.1. The third-order valence-corrected chi connectivity index (χ3v) is 8.41. The summed E-state index contributed by atoms with van der Waals surface area (Å²) >= 11 is 0. The van der Waals surface area contributed by atoms with Crippen LogP contribution in [-0.2, 0) is 19.5 Å². The van der Waals surface area contributed by atoms with E-state index in [2.05, 4.69) is 34.5 Å². The molecule has 2 aliphatic heterocycles. The highest BCUT2D eigenvalue weighted by Crippen LogP contribution is 2.35. The summed E-state index contributed by atoms with van der Waals surface area (Å²) < 4.78 is 19.7. The average molecular weight is 550 g/mol. The molecule has 0 atom stereocenters. The van der Waals surface area contributed by atoms with Crippen molar-refractivity contribution in [2.75, 3.05) is 37.0 Å². The van der Waals surface area contributed by atoms with Crippen LogP contribution in [0.2, 0.25) is 0 Å². The maximum atomic E-state index is 14.1. The van der Waals surface area contributed by atoms with Gasteiger partial charge in [0.15, 0.2) is 0 Å². The first-order valence-electron chi connectivity index (χ1n) is 14.5. The van der Waals surface area contributed by atoms with E-state index < -0.39 is 0 Å². The van der Waals surface area contributed by atoms with E-state index in [0.717, 1.165) is 67.1 Å². The van der Waals surface area contributed by atoms with Crippen LogP contribution in [0.15, 0.2) is 91.0 Å². The van der Waals surface area contributed by atoms with Crippen molar-refractivity contribution in [2.24, 2.45) is 0 Å². The molecule has 0 radical (unpaired) electrons. The van der Waals surface area contributed by atoms with E-state index in [-0.39, 0.29) is 11.7 Å². The van der Waals surface area contributed by atoms with Gasteiger partial charge < -0.3 is 15.0 Å². The van der Waals surface area contributed by atoms with Gasteiger partial charge in [0.25, 0.3) is 5.91 Å². The molecule has 1 fully saturated rings. The van der Waals surface area contributed by atoms with Crippen LogP contribution in [0.3, 0.4) is 0 Å². The van der Waals surface area contributed by atoms with Crippen LogP contribution in [0.1, 0.15) is 51.4 Å². The lowest BCUT2D eigenvalue weighted by atomic mass is 9.88. The molecule has 0 bridgehead atoms. The van der Waals surface area contributed by atoms with E-state index in [4.69, 9.17) is 4.74 Å². The van der Waals surface area contributed by atoms with Gasteiger partial charge in [0.2, 0.25) is 0 Å².